The number of aromatic nitrogens is 2. The van der Waals surface area contributed by atoms with Crippen LogP contribution in [0.3, 0.4) is 0 Å². The SMILES string of the molecule is CCCc1c(C(F)F)n(C(=O)Cc2ccccc2)c(=O)n1Cc1ccc(-c2ccccc2C(=O)O)cc1. The summed E-state index contributed by atoms with van der Waals surface area (Å²) in [7, 11) is 0. The second kappa shape index (κ2) is 11.2. The van der Waals surface area contributed by atoms with Crippen LogP contribution in [0.2, 0.25) is 0 Å². The summed E-state index contributed by atoms with van der Waals surface area (Å²) in [4.78, 5) is 37.9. The van der Waals surface area contributed by atoms with Crippen LogP contribution in [0.5, 0.6) is 0 Å². The van der Waals surface area contributed by atoms with Crippen molar-refractivity contribution in [1.82, 2.24) is 9.13 Å². The van der Waals surface area contributed by atoms with E-state index in [1.165, 1.54) is 10.6 Å². The first-order valence-corrected chi connectivity index (χ1v) is 11.9. The molecule has 0 atom stereocenters. The molecule has 1 aromatic heterocycles. The van der Waals surface area contributed by atoms with Crippen LogP contribution in [0.4, 0.5) is 8.78 Å². The van der Waals surface area contributed by atoms with Crippen molar-refractivity contribution in [2.75, 3.05) is 0 Å². The number of alkyl halides is 2. The second-order valence-electron chi connectivity index (χ2n) is 8.69. The number of carboxylic acid groups (broad SMARTS) is 1. The van der Waals surface area contributed by atoms with E-state index in [4.69, 9.17) is 0 Å². The highest BCUT2D eigenvalue weighted by Crippen LogP contribution is 2.27. The molecule has 0 spiro atoms. The van der Waals surface area contributed by atoms with Crippen LogP contribution < -0.4 is 5.69 Å². The van der Waals surface area contributed by atoms with Gasteiger partial charge in [-0.3, -0.25) is 9.36 Å². The largest absolute Gasteiger partial charge is 0.478 e. The molecule has 0 bridgehead atoms. The maximum absolute atomic E-state index is 14.2. The molecule has 6 nitrogen and oxygen atoms in total. The topological polar surface area (TPSA) is 81.3 Å². The van der Waals surface area contributed by atoms with Crippen LogP contribution >= 0.6 is 0 Å². The molecule has 0 saturated carbocycles. The lowest BCUT2D eigenvalue weighted by molar-refractivity contribution is 0.0697. The molecular formula is C29H26F2N2O4. The van der Waals surface area contributed by atoms with E-state index in [9.17, 15) is 28.3 Å². The Kier molecular flexibility index (Phi) is 7.77. The molecule has 190 valence electrons. The molecule has 4 rings (SSSR count). The fourth-order valence-electron chi connectivity index (χ4n) is 4.48. The van der Waals surface area contributed by atoms with E-state index in [-0.39, 0.29) is 30.6 Å². The van der Waals surface area contributed by atoms with Crippen LogP contribution in [0.25, 0.3) is 11.1 Å². The van der Waals surface area contributed by atoms with Gasteiger partial charge in [-0.15, -0.1) is 0 Å². The Hall–Kier alpha value is -4.33. The van der Waals surface area contributed by atoms with Gasteiger partial charge in [0.2, 0.25) is 5.91 Å². The smallest absolute Gasteiger partial charge is 0.336 e. The summed E-state index contributed by atoms with van der Waals surface area (Å²) in [5.41, 5.74) is 1.46. The monoisotopic (exact) mass is 504 g/mol. The normalized spacial score (nSPS) is 11.1. The molecular weight excluding hydrogens is 478 g/mol. The molecule has 0 unspecified atom stereocenters. The van der Waals surface area contributed by atoms with E-state index in [0.717, 1.165) is 0 Å². The number of rotatable bonds is 9. The standard InChI is InChI=1S/C29H26F2N2O4/c1-2-8-24-26(27(30)31)33(25(34)17-19-9-4-3-5-10-19)29(37)32(24)18-20-13-15-21(16-14-20)22-11-6-7-12-23(22)28(35)36/h3-7,9-16,27H,2,8,17-18H2,1H3,(H,35,36). The van der Waals surface area contributed by atoms with Gasteiger partial charge in [-0.1, -0.05) is 86.1 Å². The molecule has 0 saturated heterocycles. The lowest BCUT2D eigenvalue weighted by atomic mass is 9.99. The van der Waals surface area contributed by atoms with Crippen molar-refractivity contribution >= 4 is 11.9 Å². The van der Waals surface area contributed by atoms with E-state index in [1.54, 1.807) is 72.8 Å². The molecule has 8 heteroatoms. The average molecular weight is 505 g/mol. The summed E-state index contributed by atoms with van der Waals surface area (Å²) in [6, 6.07) is 22.2. The zero-order valence-electron chi connectivity index (χ0n) is 20.2. The maximum atomic E-state index is 14.2. The van der Waals surface area contributed by atoms with E-state index in [0.29, 0.717) is 33.2 Å². The number of carboxylic acids is 1. The summed E-state index contributed by atoms with van der Waals surface area (Å²) in [6.07, 6.45) is -2.44. The summed E-state index contributed by atoms with van der Waals surface area (Å²) < 4.78 is 30.3. The van der Waals surface area contributed by atoms with E-state index in [1.807, 2.05) is 6.92 Å². The number of carbonyl (C=O) groups is 2. The number of hydrogen-bond acceptors (Lipinski definition) is 3. The molecule has 3 aromatic carbocycles. The van der Waals surface area contributed by atoms with Gasteiger partial charge in [0, 0.05) is 5.69 Å². The summed E-state index contributed by atoms with van der Waals surface area (Å²) in [6.45, 7) is 1.82. The fourth-order valence-corrected chi connectivity index (χ4v) is 4.48. The minimum atomic E-state index is -3.00. The van der Waals surface area contributed by atoms with Crippen LogP contribution in [-0.2, 0) is 19.4 Å². The van der Waals surface area contributed by atoms with Crippen LogP contribution in [0.1, 0.15) is 57.4 Å². The third-order valence-corrected chi connectivity index (χ3v) is 6.19. The minimum Gasteiger partial charge on any atom is -0.478 e. The van der Waals surface area contributed by atoms with E-state index in [2.05, 4.69) is 0 Å². The lowest BCUT2D eigenvalue weighted by Gasteiger charge is -2.10. The Bertz CT molecular complexity index is 1470. The summed E-state index contributed by atoms with van der Waals surface area (Å²) in [5, 5.41) is 9.47. The van der Waals surface area contributed by atoms with Crippen molar-refractivity contribution in [3.63, 3.8) is 0 Å². The lowest BCUT2D eigenvalue weighted by Crippen LogP contribution is -2.31. The number of imidazole rings is 1. The second-order valence-corrected chi connectivity index (χ2v) is 8.69. The Morgan fingerprint density at radius 2 is 1.54 bits per heavy atom. The highest BCUT2D eigenvalue weighted by atomic mass is 19.3. The Balaban J connectivity index is 1.72. The van der Waals surface area contributed by atoms with Crippen LogP contribution in [0, 0.1) is 0 Å². The van der Waals surface area contributed by atoms with Gasteiger partial charge in [0.1, 0.15) is 5.69 Å². The quantitative estimate of drug-likeness (QED) is 0.311. The number of carbonyl (C=O) groups excluding carboxylic acids is 1. The van der Waals surface area contributed by atoms with Gasteiger partial charge in [0.15, 0.2) is 0 Å². The van der Waals surface area contributed by atoms with Crippen LogP contribution in [-0.4, -0.2) is 26.1 Å². The summed E-state index contributed by atoms with van der Waals surface area (Å²) in [5.74, 6) is -1.75. The Labute approximate surface area is 212 Å². The predicted octanol–water partition coefficient (Wildman–Crippen LogP) is 5.84. The van der Waals surface area contributed by atoms with Crippen molar-refractivity contribution in [3.8, 4) is 11.1 Å². The van der Waals surface area contributed by atoms with E-state index < -0.39 is 29.7 Å². The molecule has 1 heterocycles. The van der Waals surface area contributed by atoms with Gasteiger partial charge in [0.25, 0.3) is 6.43 Å². The minimum absolute atomic E-state index is 0.000358. The molecule has 37 heavy (non-hydrogen) atoms. The van der Waals surface area contributed by atoms with Gasteiger partial charge in [-0.25, -0.2) is 22.9 Å². The number of aromatic carboxylic acids is 1. The first-order valence-electron chi connectivity index (χ1n) is 11.9. The maximum Gasteiger partial charge on any atom is 0.336 e. The number of benzene rings is 3. The van der Waals surface area contributed by atoms with Gasteiger partial charge in [-0.2, -0.15) is 0 Å². The van der Waals surface area contributed by atoms with Crippen molar-refractivity contribution in [1.29, 1.82) is 0 Å². The molecule has 0 amide bonds. The predicted molar refractivity (Wildman–Crippen MR) is 136 cm³/mol. The molecule has 0 radical (unpaired) electrons. The van der Waals surface area contributed by atoms with Gasteiger partial charge >= 0.3 is 11.7 Å². The molecule has 0 aliphatic rings. The molecule has 0 aliphatic carbocycles. The zero-order valence-corrected chi connectivity index (χ0v) is 20.2. The fraction of sp³-hybridized carbons (Fsp3) is 0.207. The average Bonchev–Trinajstić information content (AvgIpc) is 3.16. The molecule has 0 aliphatic heterocycles. The van der Waals surface area contributed by atoms with Crippen LogP contribution in [0.15, 0.2) is 83.7 Å². The van der Waals surface area contributed by atoms with Crippen molar-refractivity contribution in [2.24, 2.45) is 0 Å². The number of halogens is 2. The molecule has 1 N–H and O–H groups in total. The van der Waals surface area contributed by atoms with Crippen molar-refractivity contribution in [3.05, 3.63) is 117 Å². The molecule has 0 fully saturated rings. The van der Waals surface area contributed by atoms with E-state index >= 15 is 0 Å². The first kappa shape index (κ1) is 25.8. The highest BCUT2D eigenvalue weighted by molar-refractivity contribution is 5.96. The Morgan fingerprint density at radius 1 is 0.892 bits per heavy atom. The highest BCUT2D eigenvalue weighted by Gasteiger charge is 2.29. The summed E-state index contributed by atoms with van der Waals surface area (Å²) >= 11 is 0. The number of nitrogens with zero attached hydrogens (tertiary/aromatic N) is 2. The number of hydrogen-bond donors (Lipinski definition) is 1. The Morgan fingerprint density at radius 3 is 2.16 bits per heavy atom. The van der Waals surface area contributed by atoms with Gasteiger partial charge in [-0.05, 0) is 34.7 Å². The van der Waals surface area contributed by atoms with Gasteiger partial charge in [0.05, 0.1) is 18.5 Å². The molecule has 4 aromatic rings. The zero-order chi connectivity index (χ0) is 26.5. The van der Waals surface area contributed by atoms with Crippen molar-refractivity contribution < 1.29 is 23.5 Å². The third-order valence-electron chi connectivity index (χ3n) is 6.19. The first-order chi connectivity index (χ1) is 17.8. The van der Waals surface area contributed by atoms with Crippen molar-refractivity contribution in [2.45, 2.75) is 39.2 Å². The van der Waals surface area contributed by atoms with Gasteiger partial charge < -0.3 is 5.11 Å². The third kappa shape index (κ3) is 5.43.